The number of ether oxygens (including phenoxy) is 1. The Morgan fingerprint density at radius 1 is 1.56 bits per heavy atom. The highest BCUT2D eigenvalue weighted by atomic mass is 16.5. The smallest absolute Gasteiger partial charge is 0.0535 e. The normalized spacial score (nSPS) is 17.6. The Hall–Kier alpha value is -0.870. The number of aryl methyl sites for hydroxylation is 1. The average molecular weight is 223 g/mol. The fourth-order valence-corrected chi connectivity index (χ4v) is 2.03. The van der Waals surface area contributed by atoms with E-state index in [-0.39, 0.29) is 0 Å². The lowest BCUT2D eigenvalue weighted by atomic mass is 10.0. The van der Waals surface area contributed by atoms with E-state index < -0.39 is 0 Å². The van der Waals surface area contributed by atoms with E-state index >= 15 is 0 Å². The molecular weight excluding hydrogens is 202 g/mol. The Morgan fingerprint density at radius 2 is 2.38 bits per heavy atom. The van der Waals surface area contributed by atoms with Crippen LogP contribution in [0.1, 0.15) is 30.5 Å². The van der Waals surface area contributed by atoms with Crippen molar-refractivity contribution in [2.75, 3.05) is 20.3 Å². The Balaban J connectivity index is 1.70. The zero-order valence-corrected chi connectivity index (χ0v) is 10.2. The van der Waals surface area contributed by atoms with Crippen LogP contribution in [0.25, 0.3) is 0 Å². The summed E-state index contributed by atoms with van der Waals surface area (Å²) in [4.78, 5) is 0. The molecule has 16 heavy (non-hydrogen) atoms. The van der Waals surface area contributed by atoms with Gasteiger partial charge in [0.05, 0.1) is 6.20 Å². The molecule has 4 nitrogen and oxygen atoms in total. The Morgan fingerprint density at radius 3 is 2.94 bits per heavy atom. The maximum Gasteiger partial charge on any atom is 0.0535 e. The summed E-state index contributed by atoms with van der Waals surface area (Å²) in [5.74, 6) is 0. The van der Waals surface area contributed by atoms with Gasteiger partial charge in [-0.25, -0.2) is 0 Å². The number of hydrogen-bond donors (Lipinski definition) is 2. The van der Waals surface area contributed by atoms with Crippen LogP contribution in [0.2, 0.25) is 0 Å². The minimum atomic E-state index is 0.521. The van der Waals surface area contributed by atoms with Crippen molar-refractivity contribution < 1.29 is 4.74 Å². The van der Waals surface area contributed by atoms with E-state index in [0.29, 0.717) is 5.41 Å². The van der Waals surface area contributed by atoms with Crippen LogP contribution in [-0.2, 0) is 11.3 Å². The molecule has 90 valence electrons. The lowest BCUT2D eigenvalue weighted by molar-refractivity contribution is 0.171. The van der Waals surface area contributed by atoms with Gasteiger partial charge >= 0.3 is 0 Å². The van der Waals surface area contributed by atoms with E-state index in [1.54, 1.807) is 7.11 Å². The van der Waals surface area contributed by atoms with Crippen molar-refractivity contribution >= 4 is 0 Å². The molecular formula is C12H21N3O. The predicted molar refractivity (Wildman–Crippen MR) is 63.2 cm³/mol. The number of aromatic amines is 1. The van der Waals surface area contributed by atoms with Crippen molar-refractivity contribution in [3.05, 3.63) is 17.5 Å². The van der Waals surface area contributed by atoms with Gasteiger partial charge in [-0.2, -0.15) is 5.10 Å². The van der Waals surface area contributed by atoms with Crippen molar-refractivity contribution in [2.45, 2.75) is 32.7 Å². The summed E-state index contributed by atoms with van der Waals surface area (Å²) < 4.78 is 5.15. The van der Waals surface area contributed by atoms with E-state index in [9.17, 15) is 0 Å². The molecule has 2 rings (SSSR count). The summed E-state index contributed by atoms with van der Waals surface area (Å²) in [5.41, 5.74) is 2.95. The van der Waals surface area contributed by atoms with Crippen molar-refractivity contribution in [1.82, 2.24) is 15.5 Å². The van der Waals surface area contributed by atoms with Crippen LogP contribution >= 0.6 is 0 Å². The van der Waals surface area contributed by atoms with Gasteiger partial charge < -0.3 is 10.1 Å². The third kappa shape index (κ3) is 2.83. The van der Waals surface area contributed by atoms with Gasteiger partial charge in [0.25, 0.3) is 0 Å². The molecule has 0 unspecified atom stereocenters. The zero-order valence-electron chi connectivity index (χ0n) is 10.2. The molecule has 2 N–H and O–H groups in total. The molecule has 4 heteroatoms. The van der Waals surface area contributed by atoms with Crippen LogP contribution in [-0.4, -0.2) is 30.5 Å². The lowest BCUT2D eigenvalue weighted by Gasteiger charge is -2.15. The molecule has 1 fully saturated rings. The Kier molecular flexibility index (Phi) is 3.61. The van der Waals surface area contributed by atoms with Crippen molar-refractivity contribution in [3.8, 4) is 0 Å². The maximum atomic E-state index is 5.15. The minimum Gasteiger partial charge on any atom is -0.385 e. The summed E-state index contributed by atoms with van der Waals surface area (Å²) in [5, 5.41) is 10.5. The minimum absolute atomic E-state index is 0.521. The number of rotatable bonds is 7. The number of H-pyrrole nitrogens is 1. The van der Waals surface area contributed by atoms with Crippen molar-refractivity contribution in [3.63, 3.8) is 0 Å². The molecule has 0 atom stereocenters. The third-order valence-corrected chi connectivity index (χ3v) is 3.54. The number of hydrogen-bond acceptors (Lipinski definition) is 3. The first-order valence-corrected chi connectivity index (χ1v) is 5.94. The fraction of sp³-hybridized carbons (Fsp3) is 0.750. The highest BCUT2D eigenvalue weighted by molar-refractivity contribution is 5.14. The van der Waals surface area contributed by atoms with Crippen LogP contribution in [0.5, 0.6) is 0 Å². The molecule has 1 heterocycles. The molecule has 1 saturated carbocycles. The highest BCUT2D eigenvalue weighted by Crippen LogP contribution is 2.48. The quantitative estimate of drug-likeness (QED) is 0.738. The molecule has 1 aromatic rings. The molecule has 0 spiro atoms. The second-order valence-corrected chi connectivity index (χ2v) is 4.87. The molecule has 0 radical (unpaired) electrons. The molecule has 1 aliphatic carbocycles. The van der Waals surface area contributed by atoms with Crippen molar-refractivity contribution in [1.29, 1.82) is 0 Å². The van der Waals surface area contributed by atoms with E-state index in [0.717, 1.165) is 25.4 Å². The highest BCUT2D eigenvalue weighted by Gasteiger charge is 2.41. The first-order chi connectivity index (χ1) is 7.76. The molecule has 0 amide bonds. The van der Waals surface area contributed by atoms with Crippen LogP contribution in [0.4, 0.5) is 0 Å². The average Bonchev–Trinajstić information content (AvgIpc) is 2.94. The Bertz CT molecular complexity index is 331. The van der Waals surface area contributed by atoms with Gasteiger partial charge in [0.15, 0.2) is 0 Å². The van der Waals surface area contributed by atoms with E-state index in [1.807, 2.05) is 6.20 Å². The largest absolute Gasteiger partial charge is 0.385 e. The standard InChI is InChI=1S/C12H21N3O/c1-10-11(8-14-15-10)7-13-9-12(3-4-12)5-6-16-2/h8,13H,3-7,9H2,1-2H3,(H,14,15). The maximum absolute atomic E-state index is 5.15. The first kappa shape index (κ1) is 11.6. The third-order valence-electron chi connectivity index (χ3n) is 3.54. The molecule has 0 saturated heterocycles. The second-order valence-electron chi connectivity index (χ2n) is 4.87. The van der Waals surface area contributed by atoms with E-state index in [2.05, 4.69) is 22.4 Å². The van der Waals surface area contributed by atoms with Gasteiger partial charge in [0.2, 0.25) is 0 Å². The number of methoxy groups -OCH3 is 1. The van der Waals surface area contributed by atoms with Gasteiger partial charge in [-0.15, -0.1) is 0 Å². The predicted octanol–water partition coefficient (Wildman–Crippen LogP) is 1.62. The van der Waals surface area contributed by atoms with Gasteiger partial charge in [0.1, 0.15) is 0 Å². The van der Waals surface area contributed by atoms with Crippen LogP contribution < -0.4 is 5.32 Å². The van der Waals surface area contributed by atoms with E-state index in [1.165, 1.54) is 24.8 Å². The van der Waals surface area contributed by atoms with Crippen molar-refractivity contribution in [2.24, 2.45) is 5.41 Å². The molecule has 0 aliphatic heterocycles. The van der Waals surface area contributed by atoms with Crippen LogP contribution in [0, 0.1) is 12.3 Å². The summed E-state index contributed by atoms with van der Waals surface area (Å²) in [6.45, 7) is 4.95. The second kappa shape index (κ2) is 4.97. The van der Waals surface area contributed by atoms with Gasteiger partial charge in [-0.3, -0.25) is 5.10 Å². The fourth-order valence-electron chi connectivity index (χ4n) is 2.03. The molecule has 1 aromatic heterocycles. The van der Waals surface area contributed by atoms with Gasteiger partial charge in [-0.1, -0.05) is 0 Å². The summed E-state index contributed by atoms with van der Waals surface area (Å²) >= 11 is 0. The first-order valence-electron chi connectivity index (χ1n) is 5.94. The lowest BCUT2D eigenvalue weighted by Crippen LogP contribution is -2.24. The van der Waals surface area contributed by atoms with Gasteiger partial charge in [0, 0.05) is 38.1 Å². The van der Waals surface area contributed by atoms with Crippen LogP contribution in [0.3, 0.4) is 0 Å². The monoisotopic (exact) mass is 223 g/mol. The molecule has 1 aliphatic rings. The van der Waals surface area contributed by atoms with E-state index in [4.69, 9.17) is 4.74 Å². The number of aromatic nitrogens is 2. The summed E-state index contributed by atoms with van der Waals surface area (Å²) in [6, 6.07) is 0. The SMILES string of the molecule is COCCC1(CNCc2cn[nH]c2C)CC1. The number of nitrogens with one attached hydrogen (secondary N) is 2. The topological polar surface area (TPSA) is 49.9 Å². The summed E-state index contributed by atoms with van der Waals surface area (Å²) in [6.07, 6.45) is 5.76. The summed E-state index contributed by atoms with van der Waals surface area (Å²) in [7, 11) is 1.78. The van der Waals surface area contributed by atoms with Crippen LogP contribution in [0.15, 0.2) is 6.20 Å². The molecule has 0 bridgehead atoms. The number of nitrogens with zero attached hydrogens (tertiary/aromatic N) is 1. The molecule has 0 aromatic carbocycles. The zero-order chi connectivity index (χ0) is 11.4. The van der Waals surface area contributed by atoms with Gasteiger partial charge in [-0.05, 0) is 31.6 Å². The Labute approximate surface area is 96.8 Å².